The third-order valence-corrected chi connectivity index (χ3v) is 5.79. The number of aromatic nitrogens is 4. The van der Waals surface area contributed by atoms with Gasteiger partial charge < -0.3 is 16.4 Å². The molecule has 0 bridgehead atoms. The fourth-order valence-corrected chi connectivity index (χ4v) is 3.91. The molecule has 1 aliphatic rings. The second-order valence-corrected chi connectivity index (χ2v) is 8.05. The van der Waals surface area contributed by atoms with Gasteiger partial charge in [0.05, 0.1) is 11.4 Å². The Balaban J connectivity index is 1.60. The van der Waals surface area contributed by atoms with Crippen LogP contribution in [0.25, 0.3) is 22.3 Å². The van der Waals surface area contributed by atoms with Crippen molar-refractivity contribution in [3.63, 3.8) is 0 Å². The van der Waals surface area contributed by atoms with Gasteiger partial charge in [0.2, 0.25) is 5.91 Å². The number of fused-ring (bicyclic) bond motifs is 1. The van der Waals surface area contributed by atoms with Crippen molar-refractivity contribution in [1.82, 2.24) is 30.4 Å². The van der Waals surface area contributed by atoms with Crippen molar-refractivity contribution in [1.29, 1.82) is 0 Å². The topological polar surface area (TPSA) is 140 Å². The van der Waals surface area contributed by atoms with E-state index in [0.717, 1.165) is 18.4 Å². The van der Waals surface area contributed by atoms with E-state index in [0.29, 0.717) is 33.9 Å². The van der Waals surface area contributed by atoms with Crippen LogP contribution in [0.15, 0.2) is 72.3 Å². The van der Waals surface area contributed by atoms with Crippen LogP contribution in [0, 0.1) is 0 Å². The van der Waals surface area contributed by atoms with Gasteiger partial charge in [0, 0.05) is 17.2 Å². The van der Waals surface area contributed by atoms with Crippen LogP contribution in [0.1, 0.15) is 36.2 Å². The van der Waals surface area contributed by atoms with E-state index in [4.69, 9.17) is 10.8 Å². The van der Waals surface area contributed by atoms with Crippen LogP contribution < -0.4 is 16.4 Å². The van der Waals surface area contributed by atoms with E-state index in [2.05, 4.69) is 38.9 Å². The van der Waals surface area contributed by atoms with Gasteiger partial charge in [-0.05, 0) is 50.8 Å². The maximum atomic E-state index is 12.6. The quantitative estimate of drug-likeness (QED) is 0.263. The molecule has 0 spiro atoms. The van der Waals surface area contributed by atoms with E-state index in [1.807, 2.05) is 17.7 Å². The Bertz CT molecular complexity index is 1350. The standard InChI is InChI=1S/C25H26N8O2/c1-4-6-7-19(27-3)31-25(35)16-10-8-15(9-11-16)22-21-23(26)28-14-29-24(21)33(32-22)18-12-17(13-18)30-20(34)5-2/h4-11,14,17-18H,2-3,12-13H2,1H3,(H,30,34)(H,31,35)(H2,26,28,29)/b6-4-,19-7+/t17-,18+. The molecule has 1 aromatic carbocycles. The second kappa shape index (κ2) is 10.1. The number of nitrogen functional groups attached to an aromatic ring is 1. The SMILES string of the molecule is C=CC(=O)N[C@H]1C[C@@H](n2nc(-c3ccc(C(=O)N/C(=C/C=C\C)N=C)cc3)c3c(N)ncnc32)C1. The lowest BCUT2D eigenvalue weighted by molar-refractivity contribution is -0.117. The van der Waals surface area contributed by atoms with Gasteiger partial charge in [-0.2, -0.15) is 5.10 Å². The van der Waals surface area contributed by atoms with Crippen LogP contribution in [0.4, 0.5) is 5.82 Å². The van der Waals surface area contributed by atoms with E-state index in [-0.39, 0.29) is 23.9 Å². The largest absolute Gasteiger partial charge is 0.383 e. The predicted octanol–water partition coefficient (Wildman–Crippen LogP) is 2.93. The molecule has 2 heterocycles. The van der Waals surface area contributed by atoms with E-state index >= 15 is 0 Å². The van der Waals surface area contributed by atoms with E-state index in [9.17, 15) is 9.59 Å². The number of nitrogens with one attached hydrogen (secondary N) is 2. The Hall–Kier alpha value is -4.60. The van der Waals surface area contributed by atoms with Gasteiger partial charge in [0.15, 0.2) is 5.65 Å². The van der Waals surface area contributed by atoms with Crippen molar-refractivity contribution in [3.05, 3.63) is 72.9 Å². The van der Waals surface area contributed by atoms with Crippen LogP contribution in [0.2, 0.25) is 0 Å². The van der Waals surface area contributed by atoms with Gasteiger partial charge >= 0.3 is 0 Å². The van der Waals surface area contributed by atoms with Gasteiger partial charge in [0.25, 0.3) is 5.91 Å². The summed E-state index contributed by atoms with van der Waals surface area (Å²) in [6.07, 6.45) is 9.37. The number of nitrogens with zero attached hydrogens (tertiary/aromatic N) is 5. The number of benzene rings is 1. The van der Waals surface area contributed by atoms with Crippen LogP contribution in [0.5, 0.6) is 0 Å². The average molecular weight is 471 g/mol. The first-order chi connectivity index (χ1) is 16.9. The maximum absolute atomic E-state index is 12.6. The molecule has 0 atom stereocenters. The van der Waals surface area contributed by atoms with Crippen molar-refractivity contribution < 1.29 is 9.59 Å². The maximum Gasteiger partial charge on any atom is 0.256 e. The minimum atomic E-state index is -0.306. The molecular formula is C25H26N8O2. The van der Waals surface area contributed by atoms with Crippen molar-refractivity contribution >= 4 is 35.4 Å². The van der Waals surface area contributed by atoms with Gasteiger partial charge in [-0.15, -0.1) is 0 Å². The highest BCUT2D eigenvalue weighted by Gasteiger charge is 2.34. The molecule has 10 nitrogen and oxygen atoms in total. The molecule has 0 unspecified atom stereocenters. The fraction of sp³-hybridized carbons (Fsp3) is 0.200. The molecule has 2 aromatic heterocycles. The number of rotatable bonds is 8. The summed E-state index contributed by atoms with van der Waals surface area (Å²) in [6.45, 7) is 8.83. The number of nitrogens with two attached hydrogens (primary N) is 1. The van der Waals surface area contributed by atoms with E-state index < -0.39 is 0 Å². The summed E-state index contributed by atoms with van der Waals surface area (Å²) in [7, 11) is 0. The number of amides is 2. The Kier molecular flexibility index (Phi) is 6.81. The summed E-state index contributed by atoms with van der Waals surface area (Å²) in [5.74, 6) is 0.183. The van der Waals surface area contributed by atoms with Crippen molar-refractivity contribution in [2.24, 2.45) is 4.99 Å². The number of hydrogen-bond acceptors (Lipinski definition) is 7. The zero-order chi connectivity index (χ0) is 24.9. The van der Waals surface area contributed by atoms with Gasteiger partial charge in [0.1, 0.15) is 23.7 Å². The highest BCUT2D eigenvalue weighted by atomic mass is 16.2. The average Bonchev–Trinajstić information content (AvgIpc) is 3.23. The van der Waals surface area contributed by atoms with Crippen molar-refractivity contribution in [2.75, 3.05) is 5.73 Å². The second-order valence-electron chi connectivity index (χ2n) is 8.05. The molecule has 0 saturated heterocycles. The molecule has 1 saturated carbocycles. The molecule has 178 valence electrons. The fourth-order valence-electron chi connectivity index (χ4n) is 3.91. The molecule has 0 aliphatic heterocycles. The Morgan fingerprint density at radius 2 is 1.97 bits per heavy atom. The third kappa shape index (κ3) is 4.86. The number of carbonyl (C=O) groups is 2. The summed E-state index contributed by atoms with van der Waals surface area (Å²) in [5.41, 5.74) is 8.69. The predicted molar refractivity (Wildman–Crippen MR) is 135 cm³/mol. The molecule has 3 aromatic rings. The number of hydrogen-bond donors (Lipinski definition) is 3. The Morgan fingerprint density at radius 3 is 2.63 bits per heavy atom. The highest BCUT2D eigenvalue weighted by molar-refractivity contribution is 5.99. The first-order valence-electron chi connectivity index (χ1n) is 11.1. The molecule has 4 N–H and O–H groups in total. The van der Waals surface area contributed by atoms with Gasteiger partial charge in [-0.3, -0.25) is 9.59 Å². The molecule has 1 fully saturated rings. The molecule has 2 amide bonds. The molecular weight excluding hydrogens is 444 g/mol. The monoisotopic (exact) mass is 470 g/mol. The number of allylic oxidation sites excluding steroid dienone is 3. The molecule has 0 radical (unpaired) electrons. The van der Waals surface area contributed by atoms with Crippen LogP contribution in [-0.4, -0.2) is 44.3 Å². The number of anilines is 1. The normalized spacial score (nSPS) is 17.7. The molecule has 35 heavy (non-hydrogen) atoms. The van der Waals surface area contributed by atoms with Gasteiger partial charge in [-0.1, -0.05) is 30.9 Å². The summed E-state index contributed by atoms with van der Waals surface area (Å²) in [6, 6.07) is 7.14. The van der Waals surface area contributed by atoms with Crippen molar-refractivity contribution in [2.45, 2.75) is 31.8 Å². The summed E-state index contributed by atoms with van der Waals surface area (Å²) < 4.78 is 1.84. The summed E-state index contributed by atoms with van der Waals surface area (Å²) in [5, 5.41) is 11.1. The molecule has 4 rings (SSSR count). The summed E-state index contributed by atoms with van der Waals surface area (Å²) in [4.78, 5) is 36.5. The summed E-state index contributed by atoms with van der Waals surface area (Å²) >= 11 is 0. The zero-order valence-electron chi connectivity index (χ0n) is 19.3. The molecule has 1 aliphatic carbocycles. The van der Waals surface area contributed by atoms with E-state index in [1.165, 1.54) is 12.4 Å². The van der Waals surface area contributed by atoms with Crippen LogP contribution >= 0.6 is 0 Å². The highest BCUT2D eigenvalue weighted by Crippen LogP contribution is 2.38. The lowest BCUT2D eigenvalue weighted by Crippen LogP contribution is -2.44. The van der Waals surface area contributed by atoms with E-state index in [1.54, 1.807) is 36.4 Å². The minimum absolute atomic E-state index is 0.0574. The Labute approximate surface area is 202 Å². The molecule has 10 heteroatoms. The van der Waals surface area contributed by atoms with Gasteiger partial charge in [-0.25, -0.2) is 19.6 Å². The van der Waals surface area contributed by atoms with Crippen LogP contribution in [-0.2, 0) is 4.79 Å². The smallest absolute Gasteiger partial charge is 0.256 e. The first kappa shape index (κ1) is 23.6. The third-order valence-electron chi connectivity index (χ3n) is 5.79. The first-order valence-corrected chi connectivity index (χ1v) is 11.1. The lowest BCUT2D eigenvalue weighted by Gasteiger charge is -2.35. The minimum Gasteiger partial charge on any atom is -0.383 e. The zero-order valence-corrected chi connectivity index (χ0v) is 19.3. The Morgan fingerprint density at radius 1 is 1.23 bits per heavy atom. The van der Waals surface area contributed by atoms with Crippen LogP contribution in [0.3, 0.4) is 0 Å². The number of carbonyl (C=O) groups excluding carboxylic acids is 2. The lowest BCUT2D eigenvalue weighted by atomic mass is 9.87. The van der Waals surface area contributed by atoms with Crippen molar-refractivity contribution in [3.8, 4) is 11.3 Å². The number of aliphatic imine (C=N–C) groups is 1.